The first-order valence-electron chi connectivity index (χ1n) is 11.5. The predicted molar refractivity (Wildman–Crippen MR) is 124 cm³/mol. The molecule has 0 aliphatic carbocycles. The lowest BCUT2D eigenvalue weighted by Crippen LogP contribution is -2.58. The number of carbonyl (C=O) groups excluding carboxylic acids is 2. The SMILES string of the molecule is C[C@@H]1CCCN1C(=O)N[C@H]1C[C@@H](Nc2cc(C(F)(F)F)nc3ccc(Cl)cc23)CN(C(=O)C(F)F)C1. The van der Waals surface area contributed by atoms with Gasteiger partial charge in [-0.05, 0) is 50.5 Å². The summed E-state index contributed by atoms with van der Waals surface area (Å²) in [5.41, 5.74) is -1.05. The number of benzene rings is 1. The van der Waals surface area contributed by atoms with Crippen LogP contribution in [0.15, 0.2) is 24.3 Å². The molecule has 2 saturated heterocycles. The zero-order valence-corrected chi connectivity index (χ0v) is 20.0. The minimum atomic E-state index is -4.72. The maximum absolute atomic E-state index is 13.5. The number of likely N-dealkylation sites (tertiary alicyclic amines) is 2. The first kappa shape index (κ1) is 26.2. The molecule has 0 saturated carbocycles. The molecule has 1 aromatic carbocycles. The van der Waals surface area contributed by atoms with Crippen LogP contribution < -0.4 is 10.6 Å². The van der Waals surface area contributed by atoms with E-state index in [1.54, 1.807) is 4.90 Å². The third-order valence-corrected chi connectivity index (χ3v) is 6.75. The fraction of sp³-hybridized carbons (Fsp3) is 0.522. The molecule has 13 heteroatoms. The van der Waals surface area contributed by atoms with Gasteiger partial charge in [-0.25, -0.2) is 9.78 Å². The Morgan fingerprint density at radius 2 is 1.89 bits per heavy atom. The Morgan fingerprint density at radius 3 is 2.53 bits per heavy atom. The van der Waals surface area contributed by atoms with E-state index in [-0.39, 0.29) is 47.8 Å². The van der Waals surface area contributed by atoms with Crippen molar-refractivity contribution in [3.8, 4) is 0 Å². The normalized spacial score (nSPS) is 22.8. The maximum Gasteiger partial charge on any atom is 0.433 e. The van der Waals surface area contributed by atoms with Gasteiger partial charge in [-0.3, -0.25) is 4.79 Å². The predicted octanol–water partition coefficient (Wildman–Crippen LogP) is 4.75. The maximum atomic E-state index is 13.5. The Kier molecular flexibility index (Phi) is 7.44. The Labute approximate surface area is 209 Å². The number of piperidine rings is 1. The van der Waals surface area contributed by atoms with Crippen LogP contribution >= 0.6 is 11.6 Å². The van der Waals surface area contributed by atoms with E-state index in [2.05, 4.69) is 15.6 Å². The summed E-state index contributed by atoms with van der Waals surface area (Å²) in [5, 5.41) is 6.35. The van der Waals surface area contributed by atoms with Crippen molar-refractivity contribution in [3.63, 3.8) is 0 Å². The molecule has 7 nitrogen and oxygen atoms in total. The number of urea groups is 1. The van der Waals surface area contributed by atoms with Crippen LogP contribution in [-0.2, 0) is 11.0 Å². The number of alkyl halides is 5. The molecule has 1 aromatic heterocycles. The van der Waals surface area contributed by atoms with Crippen LogP contribution in [0.3, 0.4) is 0 Å². The van der Waals surface area contributed by atoms with Gasteiger partial charge in [0.25, 0.3) is 5.91 Å². The number of hydrogen-bond acceptors (Lipinski definition) is 4. The fourth-order valence-electron chi connectivity index (χ4n) is 4.80. The van der Waals surface area contributed by atoms with E-state index in [0.717, 1.165) is 23.8 Å². The van der Waals surface area contributed by atoms with Gasteiger partial charge < -0.3 is 20.4 Å². The number of halogens is 6. The van der Waals surface area contributed by atoms with Gasteiger partial charge in [0.1, 0.15) is 5.69 Å². The van der Waals surface area contributed by atoms with Crippen molar-refractivity contribution in [1.82, 2.24) is 20.1 Å². The molecule has 3 heterocycles. The van der Waals surface area contributed by atoms with Crippen LogP contribution in [0, 0.1) is 0 Å². The van der Waals surface area contributed by atoms with Gasteiger partial charge >= 0.3 is 18.6 Å². The van der Waals surface area contributed by atoms with Crippen molar-refractivity contribution < 1.29 is 31.5 Å². The van der Waals surface area contributed by atoms with E-state index in [0.29, 0.717) is 11.9 Å². The van der Waals surface area contributed by atoms with E-state index in [4.69, 9.17) is 11.6 Å². The van der Waals surface area contributed by atoms with E-state index in [9.17, 15) is 31.5 Å². The number of pyridine rings is 1. The summed E-state index contributed by atoms with van der Waals surface area (Å²) in [5.74, 6) is -1.41. The van der Waals surface area contributed by atoms with Crippen molar-refractivity contribution in [1.29, 1.82) is 0 Å². The van der Waals surface area contributed by atoms with Gasteiger partial charge in [0.2, 0.25) is 0 Å². The molecule has 2 N–H and O–H groups in total. The molecule has 2 aliphatic rings. The number of hydrogen-bond donors (Lipinski definition) is 2. The number of anilines is 1. The molecule has 0 radical (unpaired) electrons. The summed E-state index contributed by atoms with van der Waals surface area (Å²) in [6.45, 7) is 2.15. The molecule has 196 valence electrons. The number of nitrogens with one attached hydrogen (secondary N) is 2. The molecule has 4 rings (SSSR count). The molecule has 2 aromatic rings. The van der Waals surface area contributed by atoms with E-state index in [1.165, 1.54) is 18.2 Å². The van der Waals surface area contributed by atoms with E-state index >= 15 is 0 Å². The van der Waals surface area contributed by atoms with Crippen LogP contribution in [0.4, 0.5) is 32.4 Å². The third-order valence-electron chi connectivity index (χ3n) is 6.51. The van der Waals surface area contributed by atoms with Gasteiger partial charge in [-0.15, -0.1) is 0 Å². The molecule has 3 amide bonds. The molecule has 0 unspecified atom stereocenters. The molecule has 0 bridgehead atoms. The second-order valence-electron chi connectivity index (χ2n) is 9.17. The van der Waals surface area contributed by atoms with Crippen LogP contribution in [0.1, 0.15) is 31.9 Å². The van der Waals surface area contributed by atoms with Crippen LogP contribution in [0.2, 0.25) is 5.02 Å². The Balaban J connectivity index is 1.62. The Morgan fingerprint density at radius 1 is 1.17 bits per heavy atom. The van der Waals surface area contributed by atoms with Crippen molar-refractivity contribution in [2.75, 3.05) is 25.0 Å². The largest absolute Gasteiger partial charge is 0.433 e. The molecule has 0 spiro atoms. The highest BCUT2D eigenvalue weighted by Crippen LogP contribution is 2.35. The molecular formula is C23H25ClF5N5O2. The highest BCUT2D eigenvalue weighted by Gasteiger charge is 2.37. The van der Waals surface area contributed by atoms with E-state index < -0.39 is 36.3 Å². The highest BCUT2D eigenvalue weighted by atomic mass is 35.5. The zero-order valence-electron chi connectivity index (χ0n) is 19.3. The zero-order chi connectivity index (χ0) is 26.2. The lowest BCUT2D eigenvalue weighted by atomic mass is 9.99. The third kappa shape index (κ3) is 5.74. The molecular weight excluding hydrogens is 509 g/mol. The number of carbonyl (C=O) groups is 2. The second kappa shape index (κ2) is 10.2. The van der Waals surface area contributed by atoms with Crippen LogP contribution in [0.5, 0.6) is 0 Å². The average Bonchev–Trinajstić information content (AvgIpc) is 3.23. The number of rotatable bonds is 4. The summed E-state index contributed by atoms with van der Waals surface area (Å²) in [6, 6.07) is 3.29. The lowest BCUT2D eigenvalue weighted by molar-refractivity contribution is -0.144. The van der Waals surface area contributed by atoms with Gasteiger partial charge in [-0.1, -0.05) is 11.6 Å². The first-order chi connectivity index (χ1) is 16.9. The molecule has 36 heavy (non-hydrogen) atoms. The minimum absolute atomic E-state index is 0.0232. The second-order valence-corrected chi connectivity index (χ2v) is 9.60. The quantitative estimate of drug-likeness (QED) is 0.556. The average molecular weight is 534 g/mol. The van der Waals surface area contributed by atoms with Crippen molar-refractivity contribution >= 4 is 40.1 Å². The molecule has 2 fully saturated rings. The van der Waals surface area contributed by atoms with Crippen molar-refractivity contribution in [2.24, 2.45) is 0 Å². The summed E-state index contributed by atoms with van der Waals surface area (Å²) < 4.78 is 66.9. The smallest absolute Gasteiger partial charge is 0.380 e. The van der Waals surface area contributed by atoms with Crippen molar-refractivity contribution in [3.05, 3.63) is 35.0 Å². The lowest BCUT2D eigenvalue weighted by Gasteiger charge is -2.39. The standard InChI is InChI=1S/C23H25ClF5N5O2/c1-12-3-2-6-34(12)22(36)31-15-8-14(10-33(11-15)21(35)20(25)26)30-18-9-19(23(27,28)29)32-17-5-4-13(24)7-16(17)18/h4-5,7,9,12,14-15,20H,2-3,6,8,10-11H2,1H3,(H,30,32)(H,31,36)/t12-,14-,15+/m1/s1. The number of aromatic nitrogens is 1. The number of amides is 3. The Hall–Kier alpha value is -2.89. The summed E-state index contributed by atoms with van der Waals surface area (Å²) in [7, 11) is 0. The van der Waals surface area contributed by atoms with Crippen molar-refractivity contribution in [2.45, 2.75) is 56.9 Å². The van der Waals surface area contributed by atoms with E-state index in [1.807, 2.05) is 6.92 Å². The summed E-state index contributed by atoms with van der Waals surface area (Å²) in [4.78, 5) is 31.1. The highest BCUT2D eigenvalue weighted by molar-refractivity contribution is 6.31. The summed E-state index contributed by atoms with van der Waals surface area (Å²) >= 11 is 6.05. The number of fused-ring (bicyclic) bond motifs is 1. The van der Waals surface area contributed by atoms with Gasteiger partial charge in [-0.2, -0.15) is 22.0 Å². The topological polar surface area (TPSA) is 77.6 Å². The minimum Gasteiger partial charge on any atom is -0.380 e. The molecule has 2 aliphatic heterocycles. The van der Waals surface area contributed by atoms with Crippen LogP contribution in [-0.4, -0.2) is 70.9 Å². The Bertz CT molecular complexity index is 1150. The summed E-state index contributed by atoms with van der Waals surface area (Å²) in [6.07, 6.45) is -6.09. The van der Waals surface area contributed by atoms with Crippen LogP contribution in [0.25, 0.3) is 10.9 Å². The van der Waals surface area contributed by atoms with Gasteiger partial charge in [0, 0.05) is 47.8 Å². The van der Waals surface area contributed by atoms with Gasteiger partial charge in [0.15, 0.2) is 0 Å². The fourth-order valence-corrected chi connectivity index (χ4v) is 4.97. The first-order valence-corrected chi connectivity index (χ1v) is 11.9. The molecule has 3 atom stereocenters. The number of nitrogens with zero attached hydrogens (tertiary/aromatic N) is 3. The monoisotopic (exact) mass is 533 g/mol. The van der Waals surface area contributed by atoms with Gasteiger partial charge in [0.05, 0.1) is 11.6 Å².